The number of pyridine rings is 1. The second kappa shape index (κ2) is 4.65. The molecule has 3 rings (SSSR count). The molecule has 3 N–H and O–H groups in total. The number of aryl methyl sites for hydroxylation is 1. The first-order valence-corrected chi connectivity index (χ1v) is 5.99. The van der Waals surface area contributed by atoms with Crippen LogP contribution in [0.25, 0.3) is 23.0 Å². The molecule has 0 fully saturated rings. The lowest BCUT2D eigenvalue weighted by Crippen LogP contribution is -1.89. The summed E-state index contributed by atoms with van der Waals surface area (Å²) in [5.41, 5.74) is 8.08. The van der Waals surface area contributed by atoms with Crippen molar-refractivity contribution in [3.05, 3.63) is 42.1 Å². The van der Waals surface area contributed by atoms with Gasteiger partial charge < -0.3 is 15.4 Å². The van der Waals surface area contributed by atoms with Crippen LogP contribution in [-0.2, 0) is 0 Å². The van der Waals surface area contributed by atoms with Gasteiger partial charge in [0.15, 0.2) is 0 Å². The summed E-state index contributed by atoms with van der Waals surface area (Å²) in [5.74, 6) is 0.700. The van der Waals surface area contributed by atoms with Gasteiger partial charge in [0, 0.05) is 11.8 Å². The van der Waals surface area contributed by atoms with Crippen LogP contribution in [0.15, 0.2) is 41.1 Å². The fourth-order valence-corrected chi connectivity index (χ4v) is 1.83. The summed E-state index contributed by atoms with van der Waals surface area (Å²) in [6.45, 7) is 1.92. The molecule has 0 bridgehead atoms. The van der Waals surface area contributed by atoms with Crippen molar-refractivity contribution >= 4 is 5.69 Å². The van der Waals surface area contributed by atoms with Gasteiger partial charge in [-0.05, 0) is 36.8 Å². The highest BCUT2D eigenvalue weighted by Crippen LogP contribution is 2.28. The number of nitrogens with zero attached hydrogens (tertiary/aromatic N) is 3. The predicted octanol–water partition coefficient (Wildman–Crippen LogP) is 2.39. The molecule has 0 saturated carbocycles. The monoisotopic (exact) mass is 268 g/mol. The van der Waals surface area contributed by atoms with Gasteiger partial charge in [-0.2, -0.15) is 4.98 Å². The average Bonchev–Trinajstić information content (AvgIpc) is 2.92. The topological polar surface area (TPSA) is 98.1 Å². The van der Waals surface area contributed by atoms with Crippen LogP contribution < -0.4 is 5.73 Å². The molecule has 100 valence electrons. The summed E-state index contributed by atoms with van der Waals surface area (Å²) in [6, 6.07) is 8.54. The van der Waals surface area contributed by atoms with Gasteiger partial charge in [0.05, 0.1) is 5.69 Å². The fourth-order valence-electron chi connectivity index (χ4n) is 1.83. The standard InChI is InChI=1S/C14H12N4O2/c1-8-3-2-6-16-12(8)13-17-14(20-18-13)9-4-5-10(15)11(19)7-9/h2-7,19H,15H2,1H3. The number of hydrogen-bond acceptors (Lipinski definition) is 6. The van der Waals surface area contributed by atoms with Crippen LogP contribution in [0.4, 0.5) is 5.69 Å². The average molecular weight is 268 g/mol. The van der Waals surface area contributed by atoms with E-state index in [-0.39, 0.29) is 5.75 Å². The Kier molecular flexibility index (Phi) is 2.83. The van der Waals surface area contributed by atoms with E-state index in [1.54, 1.807) is 18.3 Å². The zero-order valence-electron chi connectivity index (χ0n) is 10.7. The number of nitrogens with two attached hydrogens (primary N) is 1. The van der Waals surface area contributed by atoms with E-state index in [1.807, 2.05) is 19.1 Å². The maximum atomic E-state index is 9.60. The summed E-state index contributed by atoms with van der Waals surface area (Å²) in [4.78, 5) is 8.52. The fraction of sp³-hybridized carbons (Fsp3) is 0.0714. The number of rotatable bonds is 2. The number of phenols is 1. The SMILES string of the molecule is Cc1cccnc1-c1noc(-c2ccc(N)c(O)c2)n1. The molecule has 20 heavy (non-hydrogen) atoms. The van der Waals surface area contributed by atoms with Crippen LogP contribution in [0, 0.1) is 6.92 Å². The molecule has 0 aliphatic rings. The van der Waals surface area contributed by atoms with E-state index in [0.29, 0.717) is 28.7 Å². The van der Waals surface area contributed by atoms with Crippen LogP contribution in [0.1, 0.15) is 5.56 Å². The zero-order chi connectivity index (χ0) is 14.1. The Hall–Kier alpha value is -2.89. The van der Waals surface area contributed by atoms with Crippen molar-refractivity contribution in [2.45, 2.75) is 6.92 Å². The molecule has 0 amide bonds. The van der Waals surface area contributed by atoms with Crippen LogP contribution in [0.2, 0.25) is 0 Å². The molecule has 6 nitrogen and oxygen atoms in total. The molecule has 2 aromatic heterocycles. The summed E-state index contributed by atoms with van der Waals surface area (Å²) >= 11 is 0. The lowest BCUT2D eigenvalue weighted by molar-refractivity contribution is 0.431. The van der Waals surface area contributed by atoms with E-state index in [0.717, 1.165) is 5.56 Å². The van der Waals surface area contributed by atoms with Crippen molar-refractivity contribution in [2.75, 3.05) is 5.73 Å². The third-order valence-electron chi connectivity index (χ3n) is 2.92. The summed E-state index contributed by atoms with van der Waals surface area (Å²) < 4.78 is 5.20. The molecule has 0 atom stereocenters. The number of nitrogen functional groups attached to an aromatic ring is 1. The van der Waals surface area contributed by atoms with Gasteiger partial charge in [-0.3, -0.25) is 4.98 Å². The second-order valence-electron chi connectivity index (χ2n) is 4.37. The predicted molar refractivity (Wildman–Crippen MR) is 73.8 cm³/mol. The van der Waals surface area contributed by atoms with Gasteiger partial charge in [-0.25, -0.2) is 0 Å². The Morgan fingerprint density at radius 1 is 1.25 bits per heavy atom. The summed E-state index contributed by atoms with van der Waals surface area (Å²) in [5, 5.41) is 13.5. The van der Waals surface area contributed by atoms with Gasteiger partial charge in [0.25, 0.3) is 5.89 Å². The van der Waals surface area contributed by atoms with E-state index >= 15 is 0 Å². The molecule has 6 heteroatoms. The Labute approximate surface area is 114 Å². The maximum absolute atomic E-state index is 9.60. The van der Waals surface area contributed by atoms with Crippen molar-refractivity contribution in [1.29, 1.82) is 0 Å². The van der Waals surface area contributed by atoms with Crippen LogP contribution in [-0.4, -0.2) is 20.2 Å². The molecular weight excluding hydrogens is 256 g/mol. The summed E-state index contributed by atoms with van der Waals surface area (Å²) in [7, 11) is 0. The van der Waals surface area contributed by atoms with Crippen molar-refractivity contribution in [1.82, 2.24) is 15.1 Å². The van der Waals surface area contributed by atoms with E-state index < -0.39 is 0 Å². The minimum absolute atomic E-state index is 0.0173. The lowest BCUT2D eigenvalue weighted by Gasteiger charge is -1.99. The molecule has 0 spiro atoms. The molecule has 1 aromatic carbocycles. The molecule has 0 aliphatic heterocycles. The highest BCUT2D eigenvalue weighted by Gasteiger charge is 2.14. The van der Waals surface area contributed by atoms with E-state index in [2.05, 4.69) is 15.1 Å². The van der Waals surface area contributed by atoms with Gasteiger partial charge in [0.2, 0.25) is 5.82 Å². The first-order valence-electron chi connectivity index (χ1n) is 5.99. The van der Waals surface area contributed by atoms with Crippen molar-refractivity contribution < 1.29 is 9.63 Å². The third-order valence-corrected chi connectivity index (χ3v) is 2.92. The lowest BCUT2D eigenvalue weighted by atomic mass is 10.2. The highest BCUT2D eigenvalue weighted by atomic mass is 16.5. The minimum Gasteiger partial charge on any atom is -0.506 e. The van der Waals surface area contributed by atoms with E-state index in [1.165, 1.54) is 6.07 Å². The Bertz CT molecular complexity index is 767. The molecule has 0 aliphatic carbocycles. The maximum Gasteiger partial charge on any atom is 0.258 e. The van der Waals surface area contributed by atoms with Crippen molar-refractivity contribution in [3.8, 4) is 28.7 Å². The van der Waals surface area contributed by atoms with Gasteiger partial charge in [0.1, 0.15) is 11.4 Å². The third kappa shape index (κ3) is 2.07. The molecule has 0 saturated heterocycles. The number of hydrogen-bond donors (Lipinski definition) is 2. The second-order valence-corrected chi connectivity index (χ2v) is 4.37. The molecular formula is C14H12N4O2. The Balaban J connectivity index is 2.02. The minimum atomic E-state index is -0.0173. The quantitative estimate of drug-likeness (QED) is 0.547. The molecule has 2 heterocycles. The molecule has 0 unspecified atom stereocenters. The van der Waals surface area contributed by atoms with Gasteiger partial charge in [-0.1, -0.05) is 11.2 Å². The largest absolute Gasteiger partial charge is 0.506 e. The Morgan fingerprint density at radius 3 is 2.85 bits per heavy atom. The number of phenolic OH excluding ortho intramolecular Hbond substituents is 1. The van der Waals surface area contributed by atoms with Crippen molar-refractivity contribution in [2.24, 2.45) is 0 Å². The first kappa shape index (κ1) is 12.2. The zero-order valence-corrected chi connectivity index (χ0v) is 10.7. The number of benzene rings is 1. The smallest absolute Gasteiger partial charge is 0.258 e. The van der Waals surface area contributed by atoms with Crippen LogP contribution in [0.5, 0.6) is 5.75 Å². The highest BCUT2D eigenvalue weighted by molar-refractivity contribution is 5.65. The first-order chi connectivity index (χ1) is 9.65. The summed E-state index contributed by atoms with van der Waals surface area (Å²) in [6.07, 6.45) is 1.67. The van der Waals surface area contributed by atoms with Crippen LogP contribution >= 0.6 is 0 Å². The van der Waals surface area contributed by atoms with Gasteiger partial charge >= 0.3 is 0 Å². The Morgan fingerprint density at radius 2 is 2.10 bits per heavy atom. The van der Waals surface area contributed by atoms with Crippen LogP contribution in [0.3, 0.4) is 0 Å². The number of anilines is 1. The van der Waals surface area contributed by atoms with Crippen molar-refractivity contribution in [3.63, 3.8) is 0 Å². The van der Waals surface area contributed by atoms with E-state index in [4.69, 9.17) is 10.3 Å². The molecule has 0 radical (unpaired) electrons. The van der Waals surface area contributed by atoms with Gasteiger partial charge in [-0.15, -0.1) is 0 Å². The number of aromatic nitrogens is 3. The molecule has 3 aromatic rings. The number of aromatic hydroxyl groups is 1. The normalized spacial score (nSPS) is 10.7. The van der Waals surface area contributed by atoms with E-state index in [9.17, 15) is 5.11 Å².